The quantitative estimate of drug-likeness (QED) is 0.569. The molecule has 3 aliphatic heterocycles. The molecule has 1 aromatic carbocycles. The standard InChI is InChI=1S/C22H30N4O6S/c1-16-13-25(14-17(2)32-16)33(30,31)24-11-9-23(10-12-24)22(29)19-5-3-18(4-6-19)15-26-20(27)7-8-21(26)28/h3-6,16-17H,7-15H2,1-2H3/t16-,17-/m1/s1. The fourth-order valence-corrected chi connectivity index (χ4v) is 6.27. The maximum atomic E-state index is 13.0. The highest BCUT2D eigenvalue weighted by molar-refractivity contribution is 7.86. The van der Waals surface area contributed by atoms with Crippen LogP contribution in [0.2, 0.25) is 0 Å². The number of carbonyl (C=O) groups excluding carboxylic acids is 3. The number of amides is 3. The highest BCUT2D eigenvalue weighted by Gasteiger charge is 2.37. The Bertz CT molecular complexity index is 994. The fraction of sp³-hybridized carbons (Fsp3) is 0.591. The second-order valence-electron chi connectivity index (χ2n) is 8.84. The Balaban J connectivity index is 1.33. The van der Waals surface area contributed by atoms with Crippen molar-refractivity contribution in [2.75, 3.05) is 39.3 Å². The molecule has 33 heavy (non-hydrogen) atoms. The van der Waals surface area contributed by atoms with Gasteiger partial charge in [0, 0.05) is 57.7 Å². The number of rotatable bonds is 5. The molecule has 10 nitrogen and oxygen atoms in total. The highest BCUT2D eigenvalue weighted by Crippen LogP contribution is 2.20. The molecule has 0 radical (unpaired) electrons. The Morgan fingerprint density at radius 2 is 1.45 bits per heavy atom. The van der Waals surface area contributed by atoms with Gasteiger partial charge in [0.05, 0.1) is 18.8 Å². The summed E-state index contributed by atoms with van der Waals surface area (Å²) in [5.41, 5.74) is 1.27. The van der Waals surface area contributed by atoms with E-state index in [0.717, 1.165) is 5.56 Å². The Morgan fingerprint density at radius 3 is 2.00 bits per heavy atom. The first kappa shape index (κ1) is 23.8. The number of ether oxygens (including phenoxy) is 1. The van der Waals surface area contributed by atoms with Crippen LogP contribution in [0.3, 0.4) is 0 Å². The number of piperazine rings is 1. The molecule has 11 heteroatoms. The summed E-state index contributed by atoms with van der Waals surface area (Å²) in [5.74, 6) is -0.511. The molecule has 180 valence electrons. The highest BCUT2D eigenvalue weighted by atomic mass is 32.2. The topological polar surface area (TPSA) is 108 Å². The molecule has 1 aromatic rings. The van der Waals surface area contributed by atoms with E-state index in [1.54, 1.807) is 29.2 Å². The van der Waals surface area contributed by atoms with Gasteiger partial charge in [-0.3, -0.25) is 19.3 Å². The van der Waals surface area contributed by atoms with Gasteiger partial charge in [0.25, 0.3) is 16.1 Å². The molecule has 0 aromatic heterocycles. The summed E-state index contributed by atoms with van der Waals surface area (Å²) >= 11 is 0. The van der Waals surface area contributed by atoms with Crippen molar-refractivity contribution in [3.63, 3.8) is 0 Å². The van der Waals surface area contributed by atoms with Crippen molar-refractivity contribution in [2.24, 2.45) is 0 Å². The van der Waals surface area contributed by atoms with Crippen molar-refractivity contribution in [3.8, 4) is 0 Å². The van der Waals surface area contributed by atoms with Gasteiger partial charge in [0.2, 0.25) is 11.8 Å². The monoisotopic (exact) mass is 478 g/mol. The molecule has 0 aliphatic carbocycles. The molecule has 3 fully saturated rings. The summed E-state index contributed by atoms with van der Waals surface area (Å²) in [4.78, 5) is 39.4. The molecule has 4 rings (SSSR count). The van der Waals surface area contributed by atoms with Crippen molar-refractivity contribution in [1.82, 2.24) is 18.4 Å². The van der Waals surface area contributed by atoms with E-state index in [1.165, 1.54) is 13.5 Å². The molecule has 0 bridgehead atoms. The molecule has 0 spiro atoms. The van der Waals surface area contributed by atoms with E-state index in [4.69, 9.17) is 4.74 Å². The average Bonchev–Trinajstić information content (AvgIpc) is 3.10. The van der Waals surface area contributed by atoms with Gasteiger partial charge in [-0.2, -0.15) is 17.0 Å². The Labute approximate surface area is 194 Å². The van der Waals surface area contributed by atoms with Gasteiger partial charge < -0.3 is 9.64 Å². The largest absolute Gasteiger partial charge is 0.373 e. The molecule has 0 saturated carbocycles. The predicted octanol–water partition coefficient (Wildman–Crippen LogP) is 0.447. The summed E-state index contributed by atoms with van der Waals surface area (Å²) in [5, 5.41) is 0. The Kier molecular flexibility index (Phi) is 6.85. The smallest absolute Gasteiger partial charge is 0.282 e. The molecule has 0 N–H and O–H groups in total. The molecule has 3 heterocycles. The van der Waals surface area contributed by atoms with Gasteiger partial charge in [-0.05, 0) is 31.5 Å². The van der Waals surface area contributed by atoms with Crippen molar-refractivity contribution in [3.05, 3.63) is 35.4 Å². The predicted molar refractivity (Wildman–Crippen MR) is 119 cm³/mol. The number of morpholine rings is 1. The normalized spacial score (nSPS) is 25.6. The van der Waals surface area contributed by atoms with Crippen LogP contribution < -0.4 is 0 Å². The van der Waals surface area contributed by atoms with Gasteiger partial charge >= 0.3 is 0 Å². The lowest BCUT2D eigenvalue weighted by Gasteiger charge is -2.40. The van der Waals surface area contributed by atoms with E-state index < -0.39 is 10.2 Å². The Morgan fingerprint density at radius 1 is 0.909 bits per heavy atom. The zero-order valence-corrected chi connectivity index (χ0v) is 19.8. The van der Waals surface area contributed by atoms with Crippen LogP contribution in [-0.2, 0) is 31.1 Å². The van der Waals surface area contributed by atoms with Gasteiger partial charge in [0.15, 0.2) is 0 Å². The molecule has 3 aliphatic rings. The van der Waals surface area contributed by atoms with Crippen molar-refractivity contribution < 1.29 is 27.5 Å². The second kappa shape index (κ2) is 9.49. The lowest BCUT2D eigenvalue weighted by atomic mass is 10.1. The van der Waals surface area contributed by atoms with Crippen LogP contribution in [-0.4, -0.2) is 96.0 Å². The first-order valence-electron chi connectivity index (χ1n) is 11.3. The lowest BCUT2D eigenvalue weighted by molar-refractivity contribution is -0.139. The minimum atomic E-state index is -3.60. The van der Waals surface area contributed by atoms with Gasteiger partial charge in [-0.25, -0.2) is 0 Å². The van der Waals surface area contributed by atoms with Crippen LogP contribution in [0.15, 0.2) is 24.3 Å². The van der Waals surface area contributed by atoms with Crippen LogP contribution >= 0.6 is 0 Å². The summed E-state index contributed by atoms with van der Waals surface area (Å²) in [6.07, 6.45) is 0.189. The number of carbonyl (C=O) groups is 3. The van der Waals surface area contributed by atoms with Crippen LogP contribution in [0.5, 0.6) is 0 Å². The zero-order chi connectivity index (χ0) is 23.8. The third-order valence-corrected chi connectivity index (χ3v) is 8.23. The maximum absolute atomic E-state index is 13.0. The molecule has 0 unspecified atom stereocenters. The molecule has 2 atom stereocenters. The number of likely N-dealkylation sites (tertiary alicyclic amines) is 1. The number of hydrogen-bond donors (Lipinski definition) is 0. The summed E-state index contributed by atoms with van der Waals surface area (Å²) < 4.78 is 34.6. The number of imide groups is 1. The van der Waals surface area contributed by atoms with Crippen molar-refractivity contribution in [1.29, 1.82) is 0 Å². The summed E-state index contributed by atoms with van der Waals surface area (Å²) in [6.45, 7) is 5.69. The first-order valence-corrected chi connectivity index (χ1v) is 12.7. The third kappa shape index (κ3) is 5.11. The second-order valence-corrected chi connectivity index (χ2v) is 10.8. The van der Waals surface area contributed by atoms with E-state index in [1.807, 2.05) is 13.8 Å². The van der Waals surface area contributed by atoms with E-state index in [-0.39, 0.29) is 62.4 Å². The summed E-state index contributed by atoms with van der Waals surface area (Å²) in [7, 11) is -3.60. The van der Waals surface area contributed by atoms with E-state index in [9.17, 15) is 22.8 Å². The summed E-state index contributed by atoms with van der Waals surface area (Å²) in [6, 6.07) is 6.85. The van der Waals surface area contributed by atoms with E-state index in [2.05, 4.69) is 0 Å². The maximum Gasteiger partial charge on any atom is 0.282 e. The Hall–Kier alpha value is -2.34. The van der Waals surface area contributed by atoms with Crippen LogP contribution in [0, 0.1) is 0 Å². The molecular formula is C22H30N4O6S. The van der Waals surface area contributed by atoms with Gasteiger partial charge in [-0.15, -0.1) is 0 Å². The minimum Gasteiger partial charge on any atom is -0.373 e. The molecule has 3 saturated heterocycles. The van der Waals surface area contributed by atoms with E-state index >= 15 is 0 Å². The van der Waals surface area contributed by atoms with Gasteiger partial charge in [-0.1, -0.05) is 12.1 Å². The molecular weight excluding hydrogens is 448 g/mol. The minimum absolute atomic E-state index is 0.156. The lowest BCUT2D eigenvalue weighted by Crippen LogP contribution is -2.57. The first-order chi connectivity index (χ1) is 15.6. The SMILES string of the molecule is C[C@@H]1CN(S(=O)(=O)N2CCN(C(=O)c3ccc(CN4C(=O)CCC4=O)cc3)CC2)C[C@@H](C)O1. The molecule has 3 amide bonds. The number of benzene rings is 1. The van der Waals surface area contributed by atoms with Crippen molar-refractivity contribution in [2.45, 2.75) is 45.4 Å². The average molecular weight is 479 g/mol. The number of hydrogen-bond acceptors (Lipinski definition) is 6. The van der Waals surface area contributed by atoms with E-state index in [0.29, 0.717) is 31.7 Å². The fourth-order valence-electron chi connectivity index (χ4n) is 4.52. The van der Waals surface area contributed by atoms with Crippen LogP contribution in [0.4, 0.5) is 0 Å². The van der Waals surface area contributed by atoms with Gasteiger partial charge in [0.1, 0.15) is 0 Å². The third-order valence-electron chi connectivity index (χ3n) is 6.26. The zero-order valence-electron chi connectivity index (χ0n) is 19.0. The van der Waals surface area contributed by atoms with Crippen LogP contribution in [0.25, 0.3) is 0 Å². The van der Waals surface area contributed by atoms with Crippen LogP contribution in [0.1, 0.15) is 42.6 Å². The number of nitrogens with zero attached hydrogens (tertiary/aromatic N) is 4. The van der Waals surface area contributed by atoms with Crippen molar-refractivity contribution >= 4 is 27.9 Å².